The maximum atomic E-state index is 13.5. The minimum Gasteiger partial charge on any atom is -0.335 e. The molecule has 3 nitrogen and oxygen atoms in total. The monoisotopic (exact) mass is 412 g/mol. The van der Waals surface area contributed by atoms with Crippen LogP contribution in [0.2, 0.25) is 0 Å². The molecule has 0 radical (unpaired) electrons. The zero-order valence-corrected chi connectivity index (χ0v) is 18.6. The van der Waals surface area contributed by atoms with Gasteiger partial charge in [0.1, 0.15) is 0 Å². The van der Waals surface area contributed by atoms with Crippen LogP contribution in [0.3, 0.4) is 0 Å². The molecule has 31 heavy (non-hydrogen) atoms. The number of likely N-dealkylation sites (tertiary alicyclic amines) is 1. The number of nitrogens with zero attached hydrogens (tertiary/aromatic N) is 2. The summed E-state index contributed by atoms with van der Waals surface area (Å²) in [6.45, 7) is 4.71. The molecule has 1 atom stereocenters. The summed E-state index contributed by atoms with van der Waals surface area (Å²) in [5, 5.41) is 2.28. The van der Waals surface area contributed by atoms with Gasteiger partial charge in [0, 0.05) is 24.7 Å². The van der Waals surface area contributed by atoms with Crippen LogP contribution in [0.1, 0.15) is 42.1 Å². The summed E-state index contributed by atoms with van der Waals surface area (Å²) < 4.78 is 0. The molecular weight excluding hydrogens is 380 g/mol. The lowest BCUT2D eigenvalue weighted by Crippen LogP contribution is -2.37. The second-order valence-electron chi connectivity index (χ2n) is 8.76. The van der Waals surface area contributed by atoms with E-state index < -0.39 is 0 Å². The summed E-state index contributed by atoms with van der Waals surface area (Å²) >= 11 is 0. The Kier molecular flexibility index (Phi) is 6.83. The van der Waals surface area contributed by atoms with Gasteiger partial charge in [0.05, 0.1) is 0 Å². The Bertz CT molecular complexity index is 1060. The minimum absolute atomic E-state index is 0.118. The van der Waals surface area contributed by atoms with Gasteiger partial charge >= 0.3 is 0 Å². The fourth-order valence-electron chi connectivity index (χ4n) is 4.59. The lowest BCUT2D eigenvalue weighted by Gasteiger charge is -2.27. The molecule has 1 fully saturated rings. The average molecular weight is 413 g/mol. The van der Waals surface area contributed by atoms with Gasteiger partial charge in [0.15, 0.2) is 0 Å². The molecular formula is C28H32N2O. The Morgan fingerprint density at radius 3 is 2.52 bits per heavy atom. The first kappa shape index (κ1) is 21.3. The molecule has 0 aliphatic carbocycles. The van der Waals surface area contributed by atoms with Crippen molar-refractivity contribution >= 4 is 22.8 Å². The Morgan fingerprint density at radius 1 is 1.03 bits per heavy atom. The molecule has 1 amide bonds. The van der Waals surface area contributed by atoms with Gasteiger partial charge in [-0.25, -0.2) is 0 Å². The van der Waals surface area contributed by atoms with E-state index in [4.69, 9.17) is 0 Å². The molecule has 0 aromatic heterocycles. The number of hydrogen-bond donors (Lipinski definition) is 0. The highest BCUT2D eigenvalue weighted by atomic mass is 16.2. The molecule has 1 aliphatic rings. The lowest BCUT2D eigenvalue weighted by atomic mass is 10.0. The zero-order chi connectivity index (χ0) is 21.6. The van der Waals surface area contributed by atoms with Crippen molar-refractivity contribution in [3.63, 3.8) is 0 Å². The van der Waals surface area contributed by atoms with E-state index in [1.807, 2.05) is 47.4 Å². The number of carbonyl (C=O) groups is 1. The topological polar surface area (TPSA) is 23.6 Å². The van der Waals surface area contributed by atoms with Gasteiger partial charge in [-0.05, 0) is 68.2 Å². The highest BCUT2D eigenvalue weighted by Crippen LogP contribution is 2.21. The van der Waals surface area contributed by atoms with Crippen LogP contribution in [0.15, 0.2) is 78.4 Å². The van der Waals surface area contributed by atoms with Crippen LogP contribution in [0, 0.1) is 0 Å². The van der Waals surface area contributed by atoms with E-state index in [0.717, 1.165) is 30.5 Å². The minimum atomic E-state index is 0.118. The van der Waals surface area contributed by atoms with Crippen molar-refractivity contribution < 1.29 is 4.79 Å². The second kappa shape index (κ2) is 9.93. The van der Waals surface area contributed by atoms with Gasteiger partial charge in [-0.1, -0.05) is 72.3 Å². The number of hydrogen-bond acceptors (Lipinski definition) is 2. The van der Waals surface area contributed by atoms with Crippen LogP contribution in [-0.2, 0) is 0 Å². The van der Waals surface area contributed by atoms with Gasteiger partial charge in [-0.2, -0.15) is 0 Å². The molecule has 3 aromatic carbocycles. The molecule has 0 N–H and O–H groups in total. The molecule has 3 heteroatoms. The molecule has 1 saturated heterocycles. The molecule has 1 aliphatic heterocycles. The van der Waals surface area contributed by atoms with Gasteiger partial charge in [0.2, 0.25) is 0 Å². The number of benzene rings is 3. The van der Waals surface area contributed by atoms with Crippen molar-refractivity contribution in [2.24, 2.45) is 0 Å². The summed E-state index contributed by atoms with van der Waals surface area (Å²) in [5.74, 6) is 0.118. The van der Waals surface area contributed by atoms with Gasteiger partial charge in [-0.15, -0.1) is 0 Å². The summed E-state index contributed by atoms with van der Waals surface area (Å²) in [6.07, 6.45) is 5.69. The van der Waals surface area contributed by atoms with Crippen molar-refractivity contribution in [3.05, 3.63) is 89.5 Å². The van der Waals surface area contributed by atoms with Crippen molar-refractivity contribution in [3.8, 4) is 0 Å². The predicted octanol–water partition coefficient (Wildman–Crippen LogP) is 5.87. The highest BCUT2D eigenvalue weighted by molar-refractivity contribution is 5.98. The third-order valence-corrected chi connectivity index (χ3v) is 6.34. The normalized spacial score (nSPS) is 17.2. The molecule has 4 rings (SSSR count). The molecule has 3 aromatic rings. The van der Waals surface area contributed by atoms with Crippen molar-refractivity contribution in [2.45, 2.75) is 32.2 Å². The zero-order valence-electron chi connectivity index (χ0n) is 18.6. The maximum Gasteiger partial charge on any atom is 0.254 e. The first-order chi connectivity index (χ1) is 15.1. The number of fused-ring (bicyclic) bond motifs is 1. The summed E-state index contributed by atoms with van der Waals surface area (Å²) in [4.78, 5) is 18.0. The first-order valence-electron chi connectivity index (χ1n) is 11.3. The fourth-order valence-corrected chi connectivity index (χ4v) is 4.59. The molecule has 0 spiro atoms. The van der Waals surface area contributed by atoms with E-state index in [9.17, 15) is 4.79 Å². The van der Waals surface area contributed by atoms with Gasteiger partial charge in [0.25, 0.3) is 5.91 Å². The number of carbonyl (C=O) groups excluding carboxylic acids is 1. The Balaban J connectivity index is 1.55. The van der Waals surface area contributed by atoms with E-state index in [-0.39, 0.29) is 5.91 Å². The van der Waals surface area contributed by atoms with Crippen LogP contribution in [0.4, 0.5) is 0 Å². The van der Waals surface area contributed by atoms with Crippen LogP contribution in [-0.4, -0.2) is 48.4 Å². The Labute approximate surface area is 186 Å². The molecule has 0 bridgehead atoms. The number of amides is 1. The Morgan fingerprint density at radius 2 is 1.77 bits per heavy atom. The molecule has 160 valence electrons. The van der Waals surface area contributed by atoms with Crippen LogP contribution in [0.25, 0.3) is 16.8 Å². The van der Waals surface area contributed by atoms with E-state index in [0.29, 0.717) is 12.6 Å². The standard InChI is InChI=1S/C28H32N2O/c1-22(19-23-9-4-3-5-10-23)21-30(18-16-27-13-8-17-29(27)2)28(31)26-15-14-24-11-6-7-12-25(24)20-26/h3-7,9-12,14-15,19-20,27H,8,13,16-18,21H2,1-2H3. The fraction of sp³-hybridized carbons (Fsp3) is 0.321. The summed E-state index contributed by atoms with van der Waals surface area (Å²) in [6, 6.07) is 25.2. The first-order valence-corrected chi connectivity index (χ1v) is 11.3. The second-order valence-corrected chi connectivity index (χ2v) is 8.76. The van der Waals surface area contributed by atoms with Crippen LogP contribution in [0.5, 0.6) is 0 Å². The van der Waals surface area contributed by atoms with Crippen LogP contribution >= 0.6 is 0 Å². The predicted molar refractivity (Wildman–Crippen MR) is 130 cm³/mol. The van der Waals surface area contributed by atoms with Crippen molar-refractivity contribution in [2.75, 3.05) is 26.7 Å². The third kappa shape index (κ3) is 5.42. The van der Waals surface area contributed by atoms with E-state index in [2.05, 4.69) is 55.3 Å². The molecule has 1 heterocycles. The van der Waals surface area contributed by atoms with E-state index in [1.54, 1.807) is 0 Å². The van der Waals surface area contributed by atoms with Crippen molar-refractivity contribution in [1.29, 1.82) is 0 Å². The Hall–Kier alpha value is -2.91. The largest absolute Gasteiger partial charge is 0.335 e. The van der Waals surface area contributed by atoms with Crippen molar-refractivity contribution in [1.82, 2.24) is 9.80 Å². The van der Waals surface area contributed by atoms with Crippen LogP contribution < -0.4 is 0 Å². The SMILES string of the molecule is CC(=Cc1ccccc1)CN(CCC1CCCN1C)C(=O)c1ccc2ccccc2c1. The quantitative estimate of drug-likeness (QED) is 0.484. The summed E-state index contributed by atoms with van der Waals surface area (Å²) in [7, 11) is 2.20. The maximum absolute atomic E-state index is 13.5. The van der Waals surface area contributed by atoms with E-state index in [1.165, 1.54) is 29.4 Å². The smallest absolute Gasteiger partial charge is 0.254 e. The average Bonchev–Trinajstić information content (AvgIpc) is 3.21. The number of rotatable bonds is 7. The highest BCUT2D eigenvalue weighted by Gasteiger charge is 2.23. The lowest BCUT2D eigenvalue weighted by molar-refractivity contribution is 0.0758. The van der Waals surface area contributed by atoms with Gasteiger partial charge < -0.3 is 9.80 Å². The summed E-state index contributed by atoms with van der Waals surface area (Å²) in [5.41, 5.74) is 3.14. The van der Waals surface area contributed by atoms with E-state index >= 15 is 0 Å². The van der Waals surface area contributed by atoms with Gasteiger partial charge in [-0.3, -0.25) is 4.79 Å². The molecule has 0 saturated carbocycles. The third-order valence-electron chi connectivity index (χ3n) is 6.34. The molecule has 1 unspecified atom stereocenters.